The van der Waals surface area contributed by atoms with Crippen LogP contribution in [0.1, 0.15) is 28.8 Å². The fourth-order valence-corrected chi connectivity index (χ4v) is 2.81. The maximum absolute atomic E-state index is 12.7. The van der Waals surface area contributed by atoms with Gasteiger partial charge in [-0.15, -0.1) is 0 Å². The van der Waals surface area contributed by atoms with Gasteiger partial charge in [-0.05, 0) is 42.7 Å². The van der Waals surface area contributed by atoms with Crippen LogP contribution in [0.2, 0.25) is 0 Å². The minimum absolute atomic E-state index is 0.0219. The molecule has 0 aromatic heterocycles. The molecule has 2 aromatic rings. The van der Waals surface area contributed by atoms with E-state index in [9.17, 15) is 14.4 Å². The van der Waals surface area contributed by atoms with E-state index in [4.69, 9.17) is 5.11 Å². The van der Waals surface area contributed by atoms with Gasteiger partial charge in [0.2, 0.25) is 5.91 Å². The Kier molecular flexibility index (Phi) is 5.02. The molecule has 1 saturated carbocycles. The Morgan fingerprint density at radius 3 is 2.54 bits per heavy atom. The average molecular weight is 352 g/mol. The lowest BCUT2D eigenvalue weighted by atomic mass is 10.1. The molecule has 26 heavy (non-hydrogen) atoms. The van der Waals surface area contributed by atoms with E-state index in [1.807, 2.05) is 0 Å². The SMILES string of the molecule is CN(C(=O)C1CC1)c1ccccc1C(=O)Nc1cccc(CC(=O)O)c1. The van der Waals surface area contributed by atoms with Crippen LogP contribution in [0.3, 0.4) is 0 Å². The predicted molar refractivity (Wildman–Crippen MR) is 98.3 cm³/mol. The topological polar surface area (TPSA) is 86.7 Å². The third-order valence-corrected chi connectivity index (χ3v) is 4.31. The second-order valence-electron chi connectivity index (χ2n) is 6.41. The Morgan fingerprint density at radius 2 is 1.85 bits per heavy atom. The van der Waals surface area contributed by atoms with Gasteiger partial charge in [-0.2, -0.15) is 0 Å². The van der Waals surface area contributed by atoms with Crippen LogP contribution >= 0.6 is 0 Å². The van der Waals surface area contributed by atoms with Crippen molar-refractivity contribution in [2.24, 2.45) is 5.92 Å². The van der Waals surface area contributed by atoms with E-state index in [0.717, 1.165) is 12.8 Å². The molecule has 1 aliphatic rings. The summed E-state index contributed by atoms with van der Waals surface area (Å²) in [6.07, 6.45) is 1.68. The summed E-state index contributed by atoms with van der Waals surface area (Å²) in [5.74, 6) is -1.19. The largest absolute Gasteiger partial charge is 0.481 e. The molecule has 1 aliphatic carbocycles. The number of anilines is 2. The number of nitrogens with zero attached hydrogens (tertiary/aromatic N) is 1. The predicted octanol–water partition coefficient (Wildman–Crippen LogP) is 2.94. The van der Waals surface area contributed by atoms with Crippen molar-refractivity contribution in [1.29, 1.82) is 0 Å². The highest BCUT2D eigenvalue weighted by molar-refractivity contribution is 6.11. The maximum Gasteiger partial charge on any atom is 0.307 e. The lowest BCUT2D eigenvalue weighted by molar-refractivity contribution is -0.136. The van der Waals surface area contributed by atoms with Gasteiger partial charge >= 0.3 is 5.97 Å². The van der Waals surface area contributed by atoms with Crippen molar-refractivity contribution in [2.75, 3.05) is 17.3 Å². The van der Waals surface area contributed by atoms with Crippen LogP contribution < -0.4 is 10.2 Å². The van der Waals surface area contributed by atoms with Gasteiger partial charge in [0.15, 0.2) is 0 Å². The van der Waals surface area contributed by atoms with Gasteiger partial charge in [-0.1, -0.05) is 24.3 Å². The number of rotatable bonds is 6. The van der Waals surface area contributed by atoms with Crippen molar-refractivity contribution in [3.05, 3.63) is 59.7 Å². The Balaban J connectivity index is 1.80. The molecule has 1 fully saturated rings. The van der Waals surface area contributed by atoms with Gasteiger partial charge in [0.25, 0.3) is 5.91 Å². The third-order valence-electron chi connectivity index (χ3n) is 4.31. The molecular weight excluding hydrogens is 332 g/mol. The first-order valence-electron chi connectivity index (χ1n) is 8.44. The summed E-state index contributed by atoms with van der Waals surface area (Å²) in [6.45, 7) is 0. The molecule has 0 unspecified atom stereocenters. The van der Waals surface area contributed by atoms with Crippen LogP contribution in [0, 0.1) is 5.92 Å². The fraction of sp³-hybridized carbons (Fsp3) is 0.250. The number of aliphatic carboxylic acids is 1. The molecule has 6 heteroatoms. The van der Waals surface area contributed by atoms with Crippen molar-refractivity contribution in [3.63, 3.8) is 0 Å². The zero-order valence-corrected chi connectivity index (χ0v) is 14.4. The summed E-state index contributed by atoms with van der Waals surface area (Å²) >= 11 is 0. The van der Waals surface area contributed by atoms with E-state index in [2.05, 4.69) is 5.32 Å². The van der Waals surface area contributed by atoms with Crippen molar-refractivity contribution in [2.45, 2.75) is 19.3 Å². The molecule has 3 rings (SSSR count). The minimum atomic E-state index is -0.931. The van der Waals surface area contributed by atoms with Crippen LogP contribution in [0.4, 0.5) is 11.4 Å². The fourth-order valence-electron chi connectivity index (χ4n) is 2.81. The van der Waals surface area contributed by atoms with E-state index in [-0.39, 0.29) is 24.2 Å². The molecule has 0 heterocycles. The summed E-state index contributed by atoms with van der Waals surface area (Å²) in [6, 6.07) is 13.7. The highest BCUT2D eigenvalue weighted by Crippen LogP contribution is 2.33. The van der Waals surface area contributed by atoms with Crippen LogP contribution in [-0.4, -0.2) is 29.9 Å². The standard InChI is InChI=1S/C20H20N2O4/c1-22(20(26)14-9-10-14)17-8-3-2-7-16(17)19(25)21-15-6-4-5-13(11-15)12-18(23)24/h2-8,11,14H,9-10,12H2,1H3,(H,21,25)(H,23,24). The van der Waals surface area contributed by atoms with E-state index < -0.39 is 5.97 Å². The van der Waals surface area contributed by atoms with Gasteiger partial charge in [0, 0.05) is 18.7 Å². The molecule has 6 nitrogen and oxygen atoms in total. The lowest BCUT2D eigenvalue weighted by Gasteiger charge is -2.20. The number of hydrogen-bond donors (Lipinski definition) is 2. The van der Waals surface area contributed by atoms with Crippen LogP contribution in [0.5, 0.6) is 0 Å². The van der Waals surface area contributed by atoms with Gasteiger partial charge in [0.05, 0.1) is 17.7 Å². The third kappa shape index (κ3) is 4.08. The first-order valence-corrected chi connectivity index (χ1v) is 8.44. The number of carboxylic acid groups (broad SMARTS) is 1. The second kappa shape index (κ2) is 7.39. The number of carboxylic acids is 1. The lowest BCUT2D eigenvalue weighted by Crippen LogP contribution is -2.29. The average Bonchev–Trinajstić information content (AvgIpc) is 3.45. The molecule has 0 aliphatic heterocycles. The van der Waals surface area contributed by atoms with Crippen LogP contribution in [0.15, 0.2) is 48.5 Å². The van der Waals surface area contributed by atoms with E-state index in [1.54, 1.807) is 55.6 Å². The smallest absolute Gasteiger partial charge is 0.307 e. The van der Waals surface area contributed by atoms with E-state index in [0.29, 0.717) is 22.5 Å². The number of nitrogens with one attached hydrogen (secondary N) is 1. The van der Waals surface area contributed by atoms with Gasteiger partial charge in [-0.3, -0.25) is 14.4 Å². The monoisotopic (exact) mass is 352 g/mol. The second-order valence-corrected chi connectivity index (χ2v) is 6.41. The number of para-hydroxylation sites is 1. The first kappa shape index (κ1) is 17.7. The molecule has 134 valence electrons. The zero-order valence-electron chi connectivity index (χ0n) is 14.4. The summed E-state index contributed by atoms with van der Waals surface area (Å²) < 4.78 is 0. The first-order chi connectivity index (χ1) is 12.5. The maximum atomic E-state index is 12.7. The quantitative estimate of drug-likeness (QED) is 0.837. The number of hydrogen-bond acceptors (Lipinski definition) is 3. The molecule has 0 spiro atoms. The van der Waals surface area contributed by atoms with Crippen molar-refractivity contribution in [1.82, 2.24) is 0 Å². The Bertz CT molecular complexity index is 858. The van der Waals surface area contributed by atoms with E-state index in [1.165, 1.54) is 4.90 Å². The molecule has 0 radical (unpaired) electrons. The normalized spacial score (nSPS) is 13.1. The molecule has 2 aromatic carbocycles. The summed E-state index contributed by atoms with van der Waals surface area (Å²) in [5, 5.41) is 11.7. The molecular formula is C20H20N2O4. The molecule has 0 atom stereocenters. The molecule has 2 amide bonds. The highest BCUT2D eigenvalue weighted by Gasteiger charge is 2.33. The number of carbonyl (C=O) groups is 3. The Morgan fingerprint density at radius 1 is 1.12 bits per heavy atom. The Hall–Kier alpha value is -3.15. The summed E-state index contributed by atoms with van der Waals surface area (Å²) in [7, 11) is 1.68. The van der Waals surface area contributed by atoms with Crippen molar-refractivity contribution in [3.8, 4) is 0 Å². The van der Waals surface area contributed by atoms with Crippen molar-refractivity contribution < 1.29 is 19.5 Å². The van der Waals surface area contributed by atoms with Crippen LogP contribution in [0.25, 0.3) is 0 Å². The van der Waals surface area contributed by atoms with Gasteiger partial charge in [-0.25, -0.2) is 0 Å². The minimum Gasteiger partial charge on any atom is -0.481 e. The molecule has 2 N–H and O–H groups in total. The number of benzene rings is 2. The van der Waals surface area contributed by atoms with Crippen LogP contribution in [-0.2, 0) is 16.0 Å². The number of amides is 2. The molecule has 0 saturated heterocycles. The summed E-state index contributed by atoms with van der Waals surface area (Å²) in [5.41, 5.74) is 2.07. The van der Waals surface area contributed by atoms with E-state index >= 15 is 0 Å². The van der Waals surface area contributed by atoms with Gasteiger partial charge in [0.1, 0.15) is 0 Å². The zero-order chi connectivity index (χ0) is 18.7. The molecule has 0 bridgehead atoms. The summed E-state index contributed by atoms with van der Waals surface area (Å²) in [4.78, 5) is 37.4. The number of carbonyl (C=O) groups excluding carboxylic acids is 2. The van der Waals surface area contributed by atoms with Crippen molar-refractivity contribution >= 4 is 29.2 Å². The Labute approximate surface area is 151 Å². The van der Waals surface area contributed by atoms with Gasteiger partial charge < -0.3 is 15.3 Å². The highest BCUT2D eigenvalue weighted by atomic mass is 16.4.